The molecule has 108 valence electrons. The fraction of sp³-hybridized carbons (Fsp3) is 0.0714. The van der Waals surface area contributed by atoms with Gasteiger partial charge in [0.15, 0.2) is 0 Å². The van der Waals surface area contributed by atoms with E-state index in [0.29, 0.717) is 22.6 Å². The van der Waals surface area contributed by atoms with Gasteiger partial charge in [0.2, 0.25) is 0 Å². The third-order valence-corrected chi connectivity index (χ3v) is 4.95. The quantitative estimate of drug-likeness (QED) is 0.677. The summed E-state index contributed by atoms with van der Waals surface area (Å²) in [6, 6.07) is 6.78. The molecule has 0 unspecified atom stereocenters. The van der Waals surface area contributed by atoms with Gasteiger partial charge in [0.1, 0.15) is 17.3 Å². The summed E-state index contributed by atoms with van der Waals surface area (Å²) in [6.45, 7) is 0. The highest BCUT2D eigenvalue weighted by Gasteiger charge is 2.21. The molecule has 0 aliphatic carbocycles. The summed E-state index contributed by atoms with van der Waals surface area (Å²) in [5, 5.41) is 6.41. The van der Waals surface area contributed by atoms with Crippen molar-refractivity contribution in [1.29, 1.82) is 0 Å². The predicted molar refractivity (Wildman–Crippen MR) is 89.0 cm³/mol. The van der Waals surface area contributed by atoms with E-state index < -0.39 is 5.82 Å². The first-order valence-corrected chi connectivity index (χ1v) is 8.05. The molecule has 0 bridgehead atoms. The Balaban J connectivity index is 2.29. The Bertz CT molecular complexity index is 828. The van der Waals surface area contributed by atoms with Crippen LogP contribution in [0.2, 0.25) is 5.02 Å². The molecule has 3 aromatic rings. The molecule has 0 radical (unpaired) electrons. The normalized spacial score (nSPS) is 11.0. The fourth-order valence-electron chi connectivity index (χ4n) is 2.14. The van der Waals surface area contributed by atoms with Crippen LogP contribution in [-0.4, -0.2) is 9.78 Å². The van der Waals surface area contributed by atoms with E-state index in [2.05, 4.69) is 21.0 Å². The fourth-order valence-corrected chi connectivity index (χ4v) is 3.45. The Labute approximate surface area is 138 Å². The first-order chi connectivity index (χ1) is 9.99. The molecule has 7 heteroatoms. The molecule has 0 aliphatic heterocycles. The van der Waals surface area contributed by atoms with Gasteiger partial charge in [-0.2, -0.15) is 5.10 Å². The lowest BCUT2D eigenvalue weighted by molar-refractivity contribution is 0.632. The van der Waals surface area contributed by atoms with E-state index in [9.17, 15) is 4.39 Å². The van der Waals surface area contributed by atoms with Crippen LogP contribution < -0.4 is 5.73 Å². The van der Waals surface area contributed by atoms with Gasteiger partial charge in [0.05, 0.1) is 14.4 Å². The molecule has 1 aromatic carbocycles. The molecule has 0 saturated carbocycles. The first kappa shape index (κ1) is 14.6. The molecule has 0 fully saturated rings. The molecule has 21 heavy (non-hydrogen) atoms. The summed E-state index contributed by atoms with van der Waals surface area (Å²) < 4.78 is 16.9. The molecular weight excluding hydrogens is 377 g/mol. The standard InChI is InChI=1S/C14H10BrClFN3S/c1-20-14(18)11(8-3-2-4-9(16)12(8)17)13(19-20)7-5-10(15)21-6-7/h2-6H,18H2,1H3. The van der Waals surface area contributed by atoms with Crippen molar-refractivity contribution in [2.75, 3.05) is 5.73 Å². The van der Waals surface area contributed by atoms with Gasteiger partial charge in [-0.3, -0.25) is 4.68 Å². The van der Waals surface area contributed by atoms with Crippen molar-refractivity contribution in [3.05, 3.63) is 44.3 Å². The van der Waals surface area contributed by atoms with Gasteiger partial charge in [-0.25, -0.2) is 4.39 Å². The lowest BCUT2D eigenvalue weighted by Crippen LogP contribution is -1.98. The minimum atomic E-state index is -0.491. The van der Waals surface area contributed by atoms with Gasteiger partial charge in [0.25, 0.3) is 0 Å². The number of rotatable bonds is 2. The Kier molecular flexibility index (Phi) is 3.77. The maximum atomic E-state index is 14.3. The summed E-state index contributed by atoms with van der Waals surface area (Å²) in [6.07, 6.45) is 0. The Morgan fingerprint density at radius 3 is 2.86 bits per heavy atom. The number of aryl methyl sites for hydroxylation is 1. The highest BCUT2D eigenvalue weighted by Crippen LogP contribution is 2.40. The molecule has 0 saturated heterocycles. The van der Waals surface area contributed by atoms with Crippen molar-refractivity contribution >= 4 is 44.7 Å². The smallest absolute Gasteiger partial charge is 0.149 e. The molecule has 0 atom stereocenters. The second-order valence-electron chi connectivity index (χ2n) is 4.47. The summed E-state index contributed by atoms with van der Waals surface area (Å²) in [7, 11) is 1.73. The van der Waals surface area contributed by atoms with Crippen LogP contribution in [0.15, 0.2) is 33.4 Å². The van der Waals surface area contributed by atoms with Crippen LogP contribution in [0.3, 0.4) is 0 Å². The molecular formula is C14H10BrClFN3S. The minimum absolute atomic E-state index is 0.0632. The van der Waals surface area contributed by atoms with E-state index in [-0.39, 0.29) is 5.02 Å². The van der Waals surface area contributed by atoms with Crippen LogP contribution in [0.4, 0.5) is 10.2 Å². The predicted octanol–water partition coefficient (Wildman–Crippen LogP) is 4.95. The van der Waals surface area contributed by atoms with Crippen LogP contribution >= 0.6 is 38.9 Å². The van der Waals surface area contributed by atoms with E-state index >= 15 is 0 Å². The van der Waals surface area contributed by atoms with E-state index in [1.807, 2.05) is 11.4 Å². The number of thiophene rings is 1. The van der Waals surface area contributed by atoms with Crippen molar-refractivity contribution in [3.8, 4) is 22.4 Å². The van der Waals surface area contributed by atoms with Crippen molar-refractivity contribution in [1.82, 2.24) is 9.78 Å². The maximum Gasteiger partial charge on any atom is 0.149 e. The molecule has 3 nitrogen and oxygen atoms in total. The maximum absolute atomic E-state index is 14.3. The molecule has 2 aromatic heterocycles. The highest BCUT2D eigenvalue weighted by atomic mass is 79.9. The number of halogens is 3. The molecule has 3 rings (SSSR count). The van der Waals surface area contributed by atoms with Crippen LogP contribution in [0, 0.1) is 5.82 Å². The zero-order valence-electron chi connectivity index (χ0n) is 10.9. The van der Waals surface area contributed by atoms with Crippen molar-refractivity contribution in [3.63, 3.8) is 0 Å². The summed E-state index contributed by atoms with van der Waals surface area (Å²) in [5.41, 5.74) is 8.51. The molecule has 2 N–H and O–H groups in total. The minimum Gasteiger partial charge on any atom is -0.383 e. The average molecular weight is 387 g/mol. The third kappa shape index (κ3) is 2.47. The summed E-state index contributed by atoms with van der Waals surface area (Å²) in [4.78, 5) is 0. The average Bonchev–Trinajstić information content (AvgIpc) is 2.99. The van der Waals surface area contributed by atoms with Crippen molar-refractivity contribution in [2.45, 2.75) is 0 Å². The van der Waals surface area contributed by atoms with Crippen LogP contribution in [0.5, 0.6) is 0 Å². The number of nitrogen functional groups attached to an aromatic ring is 1. The number of nitrogens with zero attached hydrogens (tertiary/aromatic N) is 2. The Morgan fingerprint density at radius 1 is 1.43 bits per heavy atom. The molecule has 0 amide bonds. The van der Waals surface area contributed by atoms with Gasteiger partial charge in [-0.05, 0) is 28.1 Å². The lowest BCUT2D eigenvalue weighted by Gasteiger charge is -2.06. The Hall–Kier alpha value is -1.37. The monoisotopic (exact) mass is 385 g/mol. The second kappa shape index (κ2) is 5.44. The zero-order chi connectivity index (χ0) is 15.1. The number of hydrogen-bond donors (Lipinski definition) is 1. The Morgan fingerprint density at radius 2 is 2.19 bits per heavy atom. The SMILES string of the molecule is Cn1nc(-c2csc(Br)c2)c(-c2cccc(Cl)c2F)c1N. The van der Waals surface area contributed by atoms with Crippen LogP contribution in [0.25, 0.3) is 22.4 Å². The van der Waals surface area contributed by atoms with E-state index in [1.54, 1.807) is 19.2 Å². The topological polar surface area (TPSA) is 43.8 Å². The number of benzene rings is 1. The largest absolute Gasteiger partial charge is 0.383 e. The number of nitrogens with two attached hydrogens (primary N) is 1. The summed E-state index contributed by atoms with van der Waals surface area (Å²) >= 11 is 10.8. The number of anilines is 1. The van der Waals surface area contributed by atoms with Gasteiger partial charge in [-0.15, -0.1) is 11.3 Å². The van der Waals surface area contributed by atoms with E-state index in [0.717, 1.165) is 9.35 Å². The molecule has 0 spiro atoms. The van der Waals surface area contributed by atoms with Crippen molar-refractivity contribution < 1.29 is 4.39 Å². The first-order valence-electron chi connectivity index (χ1n) is 6.00. The van der Waals surface area contributed by atoms with Gasteiger partial charge in [0, 0.05) is 23.6 Å². The van der Waals surface area contributed by atoms with E-state index in [4.69, 9.17) is 17.3 Å². The van der Waals surface area contributed by atoms with Gasteiger partial charge >= 0.3 is 0 Å². The third-order valence-electron chi connectivity index (χ3n) is 3.15. The second-order valence-corrected chi connectivity index (χ2v) is 7.17. The van der Waals surface area contributed by atoms with Crippen LogP contribution in [-0.2, 0) is 7.05 Å². The highest BCUT2D eigenvalue weighted by molar-refractivity contribution is 9.11. The lowest BCUT2D eigenvalue weighted by atomic mass is 10.0. The summed E-state index contributed by atoms with van der Waals surface area (Å²) in [5.74, 6) is -0.0945. The number of aromatic nitrogens is 2. The van der Waals surface area contributed by atoms with Gasteiger partial charge < -0.3 is 5.73 Å². The molecule has 2 heterocycles. The zero-order valence-corrected chi connectivity index (χ0v) is 14.1. The molecule has 0 aliphatic rings. The van der Waals surface area contributed by atoms with Gasteiger partial charge in [-0.1, -0.05) is 23.7 Å². The number of hydrogen-bond acceptors (Lipinski definition) is 3. The van der Waals surface area contributed by atoms with Crippen LogP contribution in [0.1, 0.15) is 0 Å². The van der Waals surface area contributed by atoms with Crippen molar-refractivity contribution in [2.24, 2.45) is 7.05 Å². The van der Waals surface area contributed by atoms with E-state index in [1.165, 1.54) is 22.1 Å².